The fourth-order valence-corrected chi connectivity index (χ4v) is 4.99. The second-order valence-electron chi connectivity index (χ2n) is 8.56. The van der Waals surface area contributed by atoms with Gasteiger partial charge in [0.25, 0.3) is 15.9 Å². The molecule has 1 heterocycles. The van der Waals surface area contributed by atoms with E-state index in [4.69, 9.17) is 4.74 Å². The molecule has 2 N–H and O–H groups in total. The SMILES string of the molecule is CC1CN(Cc2cccc(CNC(=O)c3ccc(NS(=O)(=O)c4ccc(F)cc4)cc3)c2)CCO1. The molecule has 4 rings (SSSR count). The summed E-state index contributed by atoms with van der Waals surface area (Å²) >= 11 is 0. The molecule has 9 heteroatoms. The molecule has 35 heavy (non-hydrogen) atoms. The number of anilines is 1. The Labute approximate surface area is 205 Å². The number of sulfonamides is 1. The van der Waals surface area contributed by atoms with Crippen molar-refractivity contribution < 1.29 is 22.3 Å². The summed E-state index contributed by atoms with van der Waals surface area (Å²) < 4.78 is 46.0. The van der Waals surface area contributed by atoms with Crippen LogP contribution < -0.4 is 10.0 Å². The smallest absolute Gasteiger partial charge is 0.261 e. The molecule has 1 amide bonds. The lowest BCUT2D eigenvalue weighted by Gasteiger charge is -2.31. The van der Waals surface area contributed by atoms with E-state index in [-0.39, 0.29) is 16.9 Å². The zero-order chi connectivity index (χ0) is 24.8. The highest BCUT2D eigenvalue weighted by molar-refractivity contribution is 7.92. The number of nitrogens with one attached hydrogen (secondary N) is 2. The molecule has 1 aliphatic heterocycles. The van der Waals surface area contributed by atoms with E-state index in [9.17, 15) is 17.6 Å². The minimum atomic E-state index is -3.86. The molecule has 0 bridgehead atoms. The van der Waals surface area contributed by atoms with Crippen molar-refractivity contribution in [1.82, 2.24) is 10.2 Å². The maximum atomic E-state index is 13.1. The molecule has 1 unspecified atom stereocenters. The minimum Gasteiger partial charge on any atom is -0.376 e. The number of benzene rings is 3. The first kappa shape index (κ1) is 24.8. The van der Waals surface area contributed by atoms with Gasteiger partial charge in [0.05, 0.1) is 17.6 Å². The lowest BCUT2D eigenvalue weighted by atomic mass is 10.1. The van der Waals surface area contributed by atoms with Gasteiger partial charge in [0.1, 0.15) is 5.82 Å². The monoisotopic (exact) mass is 497 g/mol. The Morgan fingerprint density at radius 2 is 1.77 bits per heavy atom. The van der Waals surface area contributed by atoms with Gasteiger partial charge < -0.3 is 10.1 Å². The molecular formula is C26H28FN3O4S. The highest BCUT2D eigenvalue weighted by atomic mass is 32.2. The highest BCUT2D eigenvalue weighted by Gasteiger charge is 2.17. The van der Waals surface area contributed by atoms with Crippen LogP contribution in [0.4, 0.5) is 10.1 Å². The van der Waals surface area contributed by atoms with Crippen LogP contribution in [-0.2, 0) is 27.8 Å². The quantitative estimate of drug-likeness (QED) is 0.495. The minimum absolute atomic E-state index is 0.0499. The van der Waals surface area contributed by atoms with Gasteiger partial charge in [-0.05, 0) is 66.6 Å². The lowest BCUT2D eigenvalue weighted by molar-refractivity contribution is -0.0212. The second kappa shape index (κ2) is 11.0. The zero-order valence-corrected chi connectivity index (χ0v) is 20.2. The third-order valence-electron chi connectivity index (χ3n) is 5.70. The molecule has 1 atom stereocenters. The Hall–Kier alpha value is -3.27. The number of ether oxygens (including phenoxy) is 1. The van der Waals surface area contributed by atoms with Crippen molar-refractivity contribution >= 4 is 21.6 Å². The van der Waals surface area contributed by atoms with Gasteiger partial charge in [-0.3, -0.25) is 14.4 Å². The molecule has 1 fully saturated rings. The predicted octanol–water partition coefficient (Wildman–Crippen LogP) is 3.78. The van der Waals surface area contributed by atoms with Crippen LogP contribution in [0.2, 0.25) is 0 Å². The maximum absolute atomic E-state index is 13.1. The molecule has 3 aromatic carbocycles. The number of nitrogens with zero attached hydrogens (tertiary/aromatic N) is 1. The number of carbonyl (C=O) groups excluding carboxylic acids is 1. The Balaban J connectivity index is 1.32. The normalized spacial score (nSPS) is 16.6. The van der Waals surface area contributed by atoms with Crippen molar-refractivity contribution in [2.24, 2.45) is 0 Å². The van der Waals surface area contributed by atoms with Crippen LogP contribution in [0.5, 0.6) is 0 Å². The van der Waals surface area contributed by atoms with Gasteiger partial charge in [-0.15, -0.1) is 0 Å². The second-order valence-corrected chi connectivity index (χ2v) is 10.2. The number of halogens is 1. The van der Waals surface area contributed by atoms with Gasteiger partial charge in [0.15, 0.2) is 0 Å². The van der Waals surface area contributed by atoms with Gasteiger partial charge in [-0.1, -0.05) is 24.3 Å². The largest absolute Gasteiger partial charge is 0.376 e. The summed E-state index contributed by atoms with van der Waals surface area (Å²) in [4.78, 5) is 14.9. The van der Waals surface area contributed by atoms with Gasteiger partial charge in [0.2, 0.25) is 0 Å². The Kier molecular flexibility index (Phi) is 7.80. The first-order valence-corrected chi connectivity index (χ1v) is 12.9. The van der Waals surface area contributed by atoms with E-state index in [2.05, 4.69) is 34.0 Å². The fourth-order valence-electron chi connectivity index (χ4n) is 3.93. The summed E-state index contributed by atoms with van der Waals surface area (Å²) in [5.74, 6) is -0.775. The van der Waals surface area contributed by atoms with E-state index >= 15 is 0 Å². The van der Waals surface area contributed by atoms with Crippen LogP contribution in [0.25, 0.3) is 0 Å². The molecule has 0 saturated carbocycles. The summed E-state index contributed by atoms with van der Waals surface area (Å²) in [5, 5.41) is 2.91. The third kappa shape index (κ3) is 6.88. The topological polar surface area (TPSA) is 87.7 Å². The van der Waals surface area contributed by atoms with Crippen LogP contribution in [-0.4, -0.2) is 45.0 Å². The van der Waals surface area contributed by atoms with Crippen molar-refractivity contribution in [1.29, 1.82) is 0 Å². The van der Waals surface area contributed by atoms with Gasteiger partial charge in [-0.2, -0.15) is 0 Å². The maximum Gasteiger partial charge on any atom is 0.261 e. The zero-order valence-electron chi connectivity index (χ0n) is 19.4. The van der Waals surface area contributed by atoms with E-state index in [1.54, 1.807) is 12.1 Å². The fraction of sp³-hybridized carbons (Fsp3) is 0.269. The Morgan fingerprint density at radius 3 is 2.49 bits per heavy atom. The first-order chi connectivity index (χ1) is 16.8. The molecule has 0 aliphatic carbocycles. The number of amides is 1. The number of hydrogen-bond acceptors (Lipinski definition) is 5. The lowest BCUT2D eigenvalue weighted by Crippen LogP contribution is -2.40. The van der Waals surface area contributed by atoms with E-state index < -0.39 is 15.8 Å². The van der Waals surface area contributed by atoms with Crippen molar-refractivity contribution in [3.63, 3.8) is 0 Å². The average molecular weight is 498 g/mol. The van der Waals surface area contributed by atoms with Crippen molar-refractivity contribution in [3.8, 4) is 0 Å². The van der Waals surface area contributed by atoms with E-state index in [1.165, 1.54) is 29.8 Å². The molecule has 1 aliphatic rings. The van der Waals surface area contributed by atoms with E-state index in [0.717, 1.165) is 43.9 Å². The van der Waals surface area contributed by atoms with Crippen molar-refractivity contribution in [3.05, 3.63) is 95.3 Å². The van der Waals surface area contributed by atoms with Crippen LogP contribution in [0.15, 0.2) is 77.7 Å². The summed E-state index contributed by atoms with van der Waals surface area (Å²) in [5.41, 5.74) is 2.90. The molecule has 3 aromatic rings. The molecule has 0 spiro atoms. The average Bonchev–Trinajstić information content (AvgIpc) is 2.83. The van der Waals surface area contributed by atoms with Gasteiger partial charge in [0, 0.05) is 37.4 Å². The van der Waals surface area contributed by atoms with Gasteiger partial charge in [-0.25, -0.2) is 12.8 Å². The number of rotatable bonds is 8. The van der Waals surface area contributed by atoms with Crippen molar-refractivity contribution in [2.45, 2.75) is 31.0 Å². The van der Waals surface area contributed by atoms with Crippen LogP contribution in [0.3, 0.4) is 0 Å². The standard InChI is InChI=1S/C26H28FN3O4S/c1-19-17-30(13-14-34-19)18-21-4-2-3-20(15-21)16-28-26(31)22-5-9-24(10-6-22)29-35(32,33)25-11-7-23(27)8-12-25/h2-12,15,19,29H,13-14,16-18H2,1H3,(H,28,31). The molecule has 0 aromatic heterocycles. The number of carbonyl (C=O) groups is 1. The van der Waals surface area contributed by atoms with E-state index in [1.807, 2.05) is 12.1 Å². The van der Waals surface area contributed by atoms with Crippen LogP contribution >= 0.6 is 0 Å². The molecule has 0 radical (unpaired) electrons. The number of morpholine rings is 1. The summed E-state index contributed by atoms with van der Waals surface area (Å²) in [7, 11) is -3.86. The Bertz CT molecular complexity index is 1260. The first-order valence-electron chi connectivity index (χ1n) is 11.4. The third-order valence-corrected chi connectivity index (χ3v) is 7.10. The highest BCUT2D eigenvalue weighted by Crippen LogP contribution is 2.17. The van der Waals surface area contributed by atoms with Crippen LogP contribution in [0, 0.1) is 5.82 Å². The predicted molar refractivity (Wildman–Crippen MR) is 132 cm³/mol. The number of hydrogen-bond donors (Lipinski definition) is 2. The van der Waals surface area contributed by atoms with Crippen LogP contribution in [0.1, 0.15) is 28.4 Å². The summed E-state index contributed by atoms with van der Waals surface area (Å²) in [6.45, 7) is 5.84. The van der Waals surface area contributed by atoms with Crippen molar-refractivity contribution in [2.75, 3.05) is 24.4 Å². The van der Waals surface area contributed by atoms with Gasteiger partial charge >= 0.3 is 0 Å². The molecule has 184 valence electrons. The Morgan fingerprint density at radius 1 is 1.06 bits per heavy atom. The summed E-state index contributed by atoms with van der Waals surface area (Å²) in [6.07, 6.45) is 0.232. The summed E-state index contributed by atoms with van der Waals surface area (Å²) in [6, 6.07) is 18.8. The molecule has 1 saturated heterocycles. The molecular weight excluding hydrogens is 469 g/mol. The van der Waals surface area contributed by atoms with E-state index in [0.29, 0.717) is 17.8 Å². The molecule has 7 nitrogen and oxygen atoms in total.